The second kappa shape index (κ2) is 5.73. The number of alkyl carbamates (subject to hydrolysis) is 1. The van der Waals surface area contributed by atoms with E-state index in [-0.39, 0.29) is 12.1 Å². The monoisotopic (exact) mass is 280 g/mol. The normalized spacial score (nSPS) is 22.0. The van der Waals surface area contributed by atoms with Gasteiger partial charge in [0.15, 0.2) is 0 Å². The molecule has 112 valence electrons. The van der Waals surface area contributed by atoms with Crippen LogP contribution in [0.25, 0.3) is 0 Å². The average molecular weight is 280 g/mol. The first-order valence-corrected chi connectivity index (χ1v) is 7.14. The molecule has 20 heavy (non-hydrogen) atoms. The second-order valence-electron chi connectivity index (χ2n) is 6.24. The minimum atomic E-state index is -0.444. The van der Waals surface area contributed by atoms with Gasteiger partial charge in [0.1, 0.15) is 5.60 Å². The van der Waals surface area contributed by atoms with Crippen molar-refractivity contribution in [3.63, 3.8) is 0 Å². The summed E-state index contributed by atoms with van der Waals surface area (Å²) in [4.78, 5) is 11.6. The van der Waals surface area contributed by atoms with Crippen LogP contribution in [-0.4, -0.2) is 33.6 Å². The molecule has 2 rings (SSSR count). The zero-order valence-electron chi connectivity index (χ0n) is 12.6. The van der Waals surface area contributed by atoms with Gasteiger partial charge >= 0.3 is 6.09 Å². The predicted molar refractivity (Wildman–Crippen MR) is 77.7 cm³/mol. The highest BCUT2D eigenvalue weighted by molar-refractivity contribution is 5.68. The van der Waals surface area contributed by atoms with Gasteiger partial charge in [0.25, 0.3) is 0 Å². The van der Waals surface area contributed by atoms with Crippen LogP contribution in [0.2, 0.25) is 0 Å². The predicted octanol–water partition coefficient (Wildman–Crippen LogP) is 2.37. The van der Waals surface area contributed by atoms with E-state index in [0.29, 0.717) is 6.04 Å². The summed E-state index contributed by atoms with van der Waals surface area (Å²) in [5.74, 6) is 0. The number of aryl methyl sites for hydroxylation is 1. The lowest BCUT2D eigenvalue weighted by Crippen LogP contribution is -2.50. The fraction of sp³-hybridized carbons (Fsp3) is 0.714. The van der Waals surface area contributed by atoms with Gasteiger partial charge in [0.05, 0.1) is 11.9 Å². The van der Waals surface area contributed by atoms with Crippen LogP contribution in [0, 0.1) is 0 Å². The van der Waals surface area contributed by atoms with Gasteiger partial charge in [0.2, 0.25) is 0 Å². The Hall–Kier alpha value is -1.72. The number of hydrogen-bond donors (Lipinski definition) is 2. The van der Waals surface area contributed by atoms with Crippen molar-refractivity contribution < 1.29 is 9.53 Å². The lowest BCUT2D eigenvalue weighted by molar-refractivity contribution is 0.0475. The first-order valence-electron chi connectivity index (χ1n) is 7.14. The molecule has 1 amide bonds. The van der Waals surface area contributed by atoms with E-state index in [9.17, 15) is 4.79 Å². The number of nitrogens with one attached hydrogen (secondary N) is 2. The zero-order valence-corrected chi connectivity index (χ0v) is 12.6. The van der Waals surface area contributed by atoms with Crippen LogP contribution in [0.15, 0.2) is 12.4 Å². The Morgan fingerprint density at radius 2 is 2.15 bits per heavy atom. The lowest BCUT2D eigenvalue weighted by atomic mass is 9.87. The Morgan fingerprint density at radius 3 is 2.70 bits per heavy atom. The fourth-order valence-corrected chi connectivity index (χ4v) is 2.17. The maximum atomic E-state index is 11.6. The van der Waals surface area contributed by atoms with Crippen LogP contribution in [0.3, 0.4) is 0 Å². The molecular formula is C14H24N4O2. The molecule has 1 aliphatic carbocycles. The van der Waals surface area contributed by atoms with E-state index in [1.807, 2.05) is 37.8 Å². The highest BCUT2D eigenvalue weighted by atomic mass is 16.6. The Labute approximate surface area is 119 Å². The molecule has 0 spiro atoms. The molecule has 0 aromatic carbocycles. The van der Waals surface area contributed by atoms with E-state index in [1.54, 1.807) is 0 Å². The third kappa shape index (κ3) is 4.15. The molecule has 1 fully saturated rings. The number of amides is 1. The van der Waals surface area contributed by atoms with E-state index >= 15 is 0 Å². The summed E-state index contributed by atoms with van der Waals surface area (Å²) in [5.41, 5.74) is 0.591. The number of carbonyl (C=O) groups is 1. The molecule has 0 bridgehead atoms. The van der Waals surface area contributed by atoms with Gasteiger partial charge in [-0.1, -0.05) is 0 Å². The quantitative estimate of drug-likeness (QED) is 0.888. The van der Waals surface area contributed by atoms with Crippen molar-refractivity contribution in [2.24, 2.45) is 0 Å². The van der Waals surface area contributed by atoms with Crippen molar-refractivity contribution in [3.8, 4) is 0 Å². The number of rotatable bonds is 4. The largest absolute Gasteiger partial charge is 0.444 e. The van der Waals surface area contributed by atoms with Gasteiger partial charge in [-0.3, -0.25) is 4.68 Å². The second-order valence-corrected chi connectivity index (χ2v) is 6.24. The fourth-order valence-electron chi connectivity index (χ4n) is 2.17. The summed E-state index contributed by atoms with van der Waals surface area (Å²) in [7, 11) is 0. The minimum absolute atomic E-state index is 0.198. The lowest BCUT2D eigenvalue weighted by Gasteiger charge is -2.36. The van der Waals surface area contributed by atoms with Crippen LogP contribution in [0.5, 0.6) is 0 Å². The summed E-state index contributed by atoms with van der Waals surface area (Å²) in [5, 5.41) is 10.5. The summed E-state index contributed by atoms with van der Waals surface area (Å²) in [6.45, 7) is 8.52. The molecule has 6 heteroatoms. The highest BCUT2D eigenvalue weighted by Gasteiger charge is 2.31. The smallest absolute Gasteiger partial charge is 0.407 e. The van der Waals surface area contributed by atoms with Crippen LogP contribution in [-0.2, 0) is 11.3 Å². The number of aromatic nitrogens is 2. The SMILES string of the molecule is CCn1cc(NC2CC(NC(=O)OC(C)(C)C)C2)cn1. The Kier molecular flexibility index (Phi) is 4.20. The van der Waals surface area contributed by atoms with Crippen molar-refractivity contribution in [2.75, 3.05) is 5.32 Å². The van der Waals surface area contributed by atoms with Crippen LogP contribution in [0.1, 0.15) is 40.5 Å². The third-order valence-corrected chi connectivity index (χ3v) is 3.19. The van der Waals surface area contributed by atoms with Crippen LogP contribution >= 0.6 is 0 Å². The molecule has 1 aromatic rings. The Balaban J connectivity index is 1.68. The number of hydrogen-bond acceptors (Lipinski definition) is 4. The number of ether oxygens (including phenoxy) is 1. The summed E-state index contributed by atoms with van der Waals surface area (Å²) in [6.07, 6.45) is 5.32. The average Bonchev–Trinajstić information content (AvgIpc) is 2.71. The number of carbonyl (C=O) groups excluding carboxylic acids is 1. The van der Waals surface area contributed by atoms with E-state index in [1.165, 1.54) is 0 Å². The minimum Gasteiger partial charge on any atom is -0.444 e. The van der Waals surface area contributed by atoms with Gasteiger partial charge in [-0.2, -0.15) is 5.10 Å². The van der Waals surface area contributed by atoms with Crippen molar-refractivity contribution in [2.45, 2.75) is 64.8 Å². The maximum Gasteiger partial charge on any atom is 0.407 e. The molecule has 1 heterocycles. The molecule has 0 atom stereocenters. The summed E-state index contributed by atoms with van der Waals surface area (Å²) < 4.78 is 7.12. The zero-order chi connectivity index (χ0) is 14.8. The Morgan fingerprint density at radius 1 is 1.45 bits per heavy atom. The van der Waals surface area contributed by atoms with Crippen molar-refractivity contribution >= 4 is 11.8 Å². The van der Waals surface area contributed by atoms with Gasteiger partial charge in [-0.05, 0) is 40.5 Å². The van der Waals surface area contributed by atoms with E-state index < -0.39 is 5.60 Å². The third-order valence-electron chi connectivity index (χ3n) is 3.19. The van der Waals surface area contributed by atoms with E-state index in [0.717, 1.165) is 25.1 Å². The highest BCUT2D eigenvalue weighted by Crippen LogP contribution is 2.24. The molecule has 6 nitrogen and oxygen atoms in total. The molecule has 0 unspecified atom stereocenters. The standard InChI is InChI=1S/C14H24N4O2/c1-5-18-9-12(8-15-18)16-10-6-11(7-10)17-13(19)20-14(2,3)4/h8-11,16H,5-7H2,1-4H3,(H,17,19). The topological polar surface area (TPSA) is 68.2 Å². The van der Waals surface area contributed by atoms with Gasteiger partial charge in [-0.25, -0.2) is 4.79 Å². The molecule has 1 aliphatic rings. The molecular weight excluding hydrogens is 256 g/mol. The molecule has 1 saturated carbocycles. The summed E-state index contributed by atoms with van der Waals surface area (Å²) in [6, 6.07) is 0.591. The van der Waals surface area contributed by atoms with E-state index in [4.69, 9.17) is 4.74 Å². The molecule has 2 N–H and O–H groups in total. The van der Waals surface area contributed by atoms with Crippen LogP contribution in [0.4, 0.5) is 10.5 Å². The first-order chi connectivity index (χ1) is 9.35. The van der Waals surface area contributed by atoms with Gasteiger partial charge in [0, 0.05) is 24.8 Å². The number of anilines is 1. The number of nitrogens with zero attached hydrogens (tertiary/aromatic N) is 2. The van der Waals surface area contributed by atoms with Gasteiger partial charge < -0.3 is 15.4 Å². The van der Waals surface area contributed by atoms with E-state index in [2.05, 4.69) is 22.7 Å². The molecule has 0 aliphatic heterocycles. The van der Waals surface area contributed by atoms with Crippen molar-refractivity contribution in [1.82, 2.24) is 15.1 Å². The Bertz CT molecular complexity index is 458. The molecule has 0 saturated heterocycles. The molecule has 0 radical (unpaired) electrons. The molecule has 1 aromatic heterocycles. The van der Waals surface area contributed by atoms with Crippen molar-refractivity contribution in [1.29, 1.82) is 0 Å². The van der Waals surface area contributed by atoms with Gasteiger partial charge in [-0.15, -0.1) is 0 Å². The summed E-state index contributed by atoms with van der Waals surface area (Å²) >= 11 is 0. The first kappa shape index (κ1) is 14.7. The maximum absolute atomic E-state index is 11.6. The van der Waals surface area contributed by atoms with Crippen molar-refractivity contribution in [3.05, 3.63) is 12.4 Å². The van der Waals surface area contributed by atoms with Crippen LogP contribution < -0.4 is 10.6 Å².